The summed E-state index contributed by atoms with van der Waals surface area (Å²) in [5.74, 6) is -0.975. The molecule has 0 spiro atoms. The number of amides is 1. The number of nitrogens with zero attached hydrogens (tertiary/aromatic N) is 4. The molecule has 0 fully saturated rings. The van der Waals surface area contributed by atoms with Gasteiger partial charge in [-0.15, -0.1) is 0 Å². The number of carbonyl (C=O) groups is 1. The molecule has 2 N–H and O–H groups in total. The van der Waals surface area contributed by atoms with Gasteiger partial charge >= 0.3 is 0 Å². The number of carbonyl (C=O) groups excluding carboxylic acids is 1. The first-order chi connectivity index (χ1) is 16.9. The van der Waals surface area contributed by atoms with Crippen LogP contribution in [0.5, 0.6) is 0 Å². The molecule has 5 aromatic rings. The third-order valence-electron chi connectivity index (χ3n) is 5.88. The van der Waals surface area contributed by atoms with E-state index in [0.717, 1.165) is 11.1 Å². The van der Waals surface area contributed by atoms with E-state index >= 15 is 0 Å². The van der Waals surface area contributed by atoms with Crippen molar-refractivity contribution in [1.82, 2.24) is 19.5 Å². The van der Waals surface area contributed by atoms with Gasteiger partial charge in [-0.2, -0.15) is 0 Å². The summed E-state index contributed by atoms with van der Waals surface area (Å²) in [5.41, 5.74) is 9.28. The molecule has 3 aromatic heterocycles. The molecule has 2 aromatic carbocycles. The first-order valence-electron chi connectivity index (χ1n) is 11.0. The lowest BCUT2D eigenvalue weighted by atomic mass is 10.1. The number of benzene rings is 2. The number of hydrogen-bond donors (Lipinski definition) is 1. The molecule has 5 rings (SSSR count). The maximum absolute atomic E-state index is 14.2. The highest BCUT2D eigenvalue weighted by Crippen LogP contribution is 2.30. The van der Waals surface area contributed by atoms with Crippen molar-refractivity contribution >= 4 is 16.8 Å². The Balaban J connectivity index is 1.69. The molecular weight excluding hydrogens is 448 g/mol. The summed E-state index contributed by atoms with van der Waals surface area (Å²) in [6.45, 7) is 1.66. The molecule has 174 valence electrons. The SMILES string of the molecule is Cc1nc(-c2cccc(F)c2)nc(-n2cc(CCc3cccnc3)c3cc(F)ccc32)c1C(N)=O. The zero-order valence-corrected chi connectivity index (χ0v) is 18.9. The molecule has 1 amide bonds. The number of pyridine rings is 1. The molecule has 0 aliphatic heterocycles. The summed E-state index contributed by atoms with van der Waals surface area (Å²) < 4.78 is 29.8. The zero-order chi connectivity index (χ0) is 24.5. The molecule has 0 saturated carbocycles. The van der Waals surface area contributed by atoms with Crippen molar-refractivity contribution in [2.45, 2.75) is 19.8 Å². The van der Waals surface area contributed by atoms with Gasteiger partial charge in [0.25, 0.3) is 5.91 Å². The maximum atomic E-state index is 14.2. The molecule has 0 aliphatic rings. The van der Waals surface area contributed by atoms with Crippen LogP contribution >= 0.6 is 0 Å². The average Bonchev–Trinajstić information content (AvgIpc) is 3.20. The Morgan fingerprint density at radius 1 is 1.00 bits per heavy atom. The Hall–Kier alpha value is -4.46. The first-order valence-corrected chi connectivity index (χ1v) is 11.0. The van der Waals surface area contributed by atoms with Gasteiger partial charge in [-0.1, -0.05) is 18.2 Å². The van der Waals surface area contributed by atoms with E-state index in [2.05, 4.69) is 15.0 Å². The predicted octanol–water partition coefficient (Wildman–Crippen LogP) is 4.95. The standard InChI is InChI=1S/C27H21F2N5O/c1-16-24(25(30)35)27(33-26(32-16)18-5-2-6-20(28)12-18)34-15-19(8-7-17-4-3-11-31-14-17)22-13-21(29)9-10-23(22)34/h2-6,9-15H,7-8H2,1H3,(H2,30,35). The number of fused-ring (bicyclic) bond motifs is 1. The Labute approximate surface area is 200 Å². The van der Waals surface area contributed by atoms with E-state index < -0.39 is 11.7 Å². The lowest BCUT2D eigenvalue weighted by Crippen LogP contribution is -2.19. The van der Waals surface area contributed by atoms with Gasteiger partial charge in [0.05, 0.1) is 11.2 Å². The fraction of sp³-hybridized carbons (Fsp3) is 0.111. The molecule has 8 heteroatoms. The lowest BCUT2D eigenvalue weighted by molar-refractivity contribution is 0.0999. The molecule has 0 saturated heterocycles. The van der Waals surface area contributed by atoms with Gasteiger partial charge in [0.1, 0.15) is 17.2 Å². The Bertz CT molecular complexity index is 1560. The highest BCUT2D eigenvalue weighted by atomic mass is 19.1. The fourth-order valence-corrected chi connectivity index (χ4v) is 4.25. The van der Waals surface area contributed by atoms with Crippen LogP contribution in [0.2, 0.25) is 0 Å². The Kier molecular flexibility index (Phi) is 5.78. The quantitative estimate of drug-likeness (QED) is 0.381. The van der Waals surface area contributed by atoms with Crippen molar-refractivity contribution in [2.24, 2.45) is 5.73 Å². The number of aromatic nitrogens is 4. The summed E-state index contributed by atoms with van der Waals surface area (Å²) >= 11 is 0. The normalized spacial score (nSPS) is 11.2. The molecule has 35 heavy (non-hydrogen) atoms. The minimum Gasteiger partial charge on any atom is -0.365 e. The average molecular weight is 469 g/mol. The van der Waals surface area contributed by atoms with Crippen molar-refractivity contribution in [3.63, 3.8) is 0 Å². The van der Waals surface area contributed by atoms with Crippen molar-refractivity contribution < 1.29 is 13.6 Å². The van der Waals surface area contributed by atoms with E-state index in [1.54, 1.807) is 42.1 Å². The number of halogens is 2. The third kappa shape index (κ3) is 4.38. The van der Waals surface area contributed by atoms with Gasteiger partial charge in [0.15, 0.2) is 11.6 Å². The first kappa shape index (κ1) is 22.3. The van der Waals surface area contributed by atoms with Gasteiger partial charge in [-0.05, 0) is 67.3 Å². The van der Waals surface area contributed by atoms with E-state index in [0.29, 0.717) is 35.0 Å². The van der Waals surface area contributed by atoms with Crippen molar-refractivity contribution in [3.05, 3.63) is 107 Å². The number of aryl methyl sites for hydroxylation is 3. The Morgan fingerprint density at radius 2 is 1.83 bits per heavy atom. The van der Waals surface area contributed by atoms with Gasteiger partial charge in [-0.3, -0.25) is 9.78 Å². The van der Waals surface area contributed by atoms with Crippen LogP contribution in [-0.4, -0.2) is 25.4 Å². The zero-order valence-electron chi connectivity index (χ0n) is 18.9. The highest BCUT2D eigenvalue weighted by molar-refractivity contribution is 5.98. The van der Waals surface area contributed by atoms with E-state index in [1.807, 2.05) is 18.3 Å². The fourth-order valence-electron chi connectivity index (χ4n) is 4.25. The van der Waals surface area contributed by atoms with Crippen LogP contribution in [0.1, 0.15) is 27.2 Å². The third-order valence-corrected chi connectivity index (χ3v) is 5.88. The number of nitrogens with two attached hydrogens (primary N) is 1. The molecule has 0 atom stereocenters. The van der Waals surface area contributed by atoms with Crippen LogP contribution in [0.15, 0.2) is 73.2 Å². The minimum atomic E-state index is -0.691. The van der Waals surface area contributed by atoms with Gasteiger partial charge in [-0.25, -0.2) is 18.7 Å². The van der Waals surface area contributed by atoms with Crippen molar-refractivity contribution in [2.75, 3.05) is 0 Å². The predicted molar refractivity (Wildman–Crippen MR) is 129 cm³/mol. The summed E-state index contributed by atoms with van der Waals surface area (Å²) in [7, 11) is 0. The molecule has 0 bridgehead atoms. The second-order valence-corrected chi connectivity index (χ2v) is 8.25. The summed E-state index contributed by atoms with van der Waals surface area (Å²) in [6, 6.07) is 14.2. The topological polar surface area (TPSA) is 86.7 Å². The van der Waals surface area contributed by atoms with Crippen molar-refractivity contribution in [3.8, 4) is 17.2 Å². The van der Waals surface area contributed by atoms with Gasteiger partial charge in [0, 0.05) is 29.5 Å². The molecule has 0 aliphatic carbocycles. The summed E-state index contributed by atoms with van der Waals surface area (Å²) in [5, 5.41) is 0.702. The monoisotopic (exact) mass is 469 g/mol. The maximum Gasteiger partial charge on any atom is 0.254 e. The molecule has 3 heterocycles. The van der Waals surface area contributed by atoms with Gasteiger partial charge in [0.2, 0.25) is 0 Å². The molecule has 0 unspecified atom stereocenters. The Morgan fingerprint density at radius 3 is 2.57 bits per heavy atom. The minimum absolute atomic E-state index is 0.144. The van der Waals surface area contributed by atoms with Crippen LogP contribution in [0.25, 0.3) is 28.1 Å². The number of hydrogen-bond acceptors (Lipinski definition) is 4. The number of rotatable bonds is 6. The highest BCUT2D eigenvalue weighted by Gasteiger charge is 2.21. The van der Waals surface area contributed by atoms with E-state index in [4.69, 9.17) is 5.73 Å². The summed E-state index contributed by atoms with van der Waals surface area (Å²) in [4.78, 5) is 25.6. The van der Waals surface area contributed by atoms with Crippen LogP contribution in [0, 0.1) is 18.6 Å². The van der Waals surface area contributed by atoms with Crippen LogP contribution < -0.4 is 5.73 Å². The second-order valence-electron chi connectivity index (χ2n) is 8.25. The van der Waals surface area contributed by atoms with E-state index in [1.165, 1.54) is 24.3 Å². The van der Waals surface area contributed by atoms with Crippen molar-refractivity contribution in [1.29, 1.82) is 0 Å². The van der Waals surface area contributed by atoms with E-state index in [-0.39, 0.29) is 23.0 Å². The smallest absolute Gasteiger partial charge is 0.254 e. The van der Waals surface area contributed by atoms with E-state index in [9.17, 15) is 13.6 Å². The van der Waals surface area contributed by atoms with Gasteiger partial charge < -0.3 is 10.3 Å². The lowest BCUT2D eigenvalue weighted by Gasteiger charge is -2.13. The largest absolute Gasteiger partial charge is 0.365 e. The second kappa shape index (κ2) is 9.06. The molecule has 0 radical (unpaired) electrons. The molecule has 6 nitrogen and oxygen atoms in total. The van der Waals surface area contributed by atoms with Crippen LogP contribution in [0.4, 0.5) is 8.78 Å². The van der Waals surface area contributed by atoms with Crippen LogP contribution in [-0.2, 0) is 12.8 Å². The molecular formula is C27H21F2N5O. The number of primary amides is 1. The summed E-state index contributed by atoms with van der Waals surface area (Å²) in [6.07, 6.45) is 6.66. The van der Waals surface area contributed by atoms with Crippen LogP contribution in [0.3, 0.4) is 0 Å².